The van der Waals surface area contributed by atoms with Crippen LogP contribution in [0.1, 0.15) is 23.6 Å². The van der Waals surface area contributed by atoms with Crippen LogP contribution < -0.4 is 0 Å². The largest absolute Gasteiger partial charge is 0.298 e. The lowest BCUT2D eigenvalue weighted by Gasteiger charge is -2.22. The Bertz CT molecular complexity index is 483. The standard InChI is InChI=1S/C16H17NO/c1-3-7-14(8-4-1)13-17-16(11-12-18-17)15-9-5-2-6-10-15/h1-10,16H,11-13H2/t16-/m0/s1. The molecule has 3 rings (SSSR count). The van der Waals surface area contributed by atoms with Gasteiger partial charge in [0.2, 0.25) is 0 Å². The van der Waals surface area contributed by atoms with E-state index in [-0.39, 0.29) is 0 Å². The molecule has 1 aliphatic heterocycles. The van der Waals surface area contributed by atoms with Gasteiger partial charge in [0.1, 0.15) is 0 Å². The second-order valence-corrected chi connectivity index (χ2v) is 4.61. The van der Waals surface area contributed by atoms with Crippen LogP contribution in [0.2, 0.25) is 0 Å². The van der Waals surface area contributed by atoms with E-state index < -0.39 is 0 Å². The maximum atomic E-state index is 5.76. The van der Waals surface area contributed by atoms with Crippen LogP contribution >= 0.6 is 0 Å². The van der Waals surface area contributed by atoms with Crippen LogP contribution in [0.25, 0.3) is 0 Å². The molecule has 1 saturated heterocycles. The highest BCUT2D eigenvalue weighted by atomic mass is 16.7. The van der Waals surface area contributed by atoms with E-state index in [1.807, 2.05) is 6.07 Å². The number of rotatable bonds is 3. The van der Waals surface area contributed by atoms with Gasteiger partial charge in [0.05, 0.1) is 12.6 Å². The third-order valence-electron chi connectivity index (χ3n) is 3.36. The van der Waals surface area contributed by atoms with Crippen molar-refractivity contribution >= 4 is 0 Å². The minimum atomic E-state index is 0.381. The summed E-state index contributed by atoms with van der Waals surface area (Å²) < 4.78 is 0. The van der Waals surface area contributed by atoms with Crippen molar-refractivity contribution in [2.75, 3.05) is 6.61 Å². The molecular formula is C16H17NO. The van der Waals surface area contributed by atoms with E-state index in [4.69, 9.17) is 4.84 Å². The quantitative estimate of drug-likeness (QED) is 0.812. The highest BCUT2D eigenvalue weighted by Gasteiger charge is 2.26. The van der Waals surface area contributed by atoms with Crippen molar-refractivity contribution in [2.24, 2.45) is 0 Å². The molecule has 2 nitrogen and oxygen atoms in total. The third-order valence-corrected chi connectivity index (χ3v) is 3.36. The number of benzene rings is 2. The molecule has 92 valence electrons. The van der Waals surface area contributed by atoms with E-state index in [2.05, 4.69) is 59.7 Å². The Morgan fingerprint density at radius 3 is 2.33 bits per heavy atom. The van der Waals surface area contributed by atoms with Crippen LogP contribution in [0.4, 0.5) is 0 Å². The molecule has 2 heteroatoms. The summed E-state index contributed by atoms with van der Waals surface area (Å²) in [6, 6.07) is 21.5. The fraction of sp³-hybridized carbons (Fsp3) is 0.250. The zero-order chi connectivity index (χ0) is 12.2. The Morgan fingerprint density at radius 1 is 0.944 bits per heavy atom. The van der Waals surface area contributed by atoms with Crippen molar-refractivity contribution in [3.63, 3.8) is 0 Å². The minimum Gasteiger partial charge on any atom is -0.298 e. The fourth-order valence-electron chi connectivity index (χ4n) is 2.44. The SMILES string of the molecule is c1ccc(CN2OCC[C@H]2c2ccccc2)cc1. The molecule has 2 aromatic carbocycles. The molecule has 0 N–H and O–H groups in total. The Kier molecular flexibility index (Phi) is 3.40. The summed E-state index contributed by atoms with van der Waals surface area (Å²) in [6.07, 6.45) is 1.07. The summed E-state index contributed by atoms with van der Waals surface area (Å²) >= 11 is 0. The lowest BCUT2D eigenvalue weighted by molar-refractivity contribution is -0.141. The van der Waals surface area contributed by atoms with Gasteiger partial charge in [0.15, 0.2) is 0 Å². The van der Waals surface area contributed by atoms with Gasteiger partial charge in [-0.25, -0.2) is 0 Å². The van der Waals surface area contributed by atoms with Gasteiger partial charge in [0, 0.05) is 6.54 Å². The zero-order valence-electron chi connectivity index (χ0n) is 10.3. The zero-order valence-corrected chi connectivity index (χ0v) is 10.3. The van der Waals surface area contributed by atoms with Crippen molar-refractivity contribution in [3.8, 4) is 0 Å². The molecule has 0 unspecified atom stereocenters. The molecule has 0 radical (unpaired) electrons. The van der Waals surface area contributed by atoms with Gasteiger partial charge in [-0.1, -0.05) is 60.7 Å². The first kappa shape index (κ1) is 11.5. The third kappa shape index (κ3) is 2.45. The van der Waals surface area contributed by atoms with Gasteiger partial charge in [-0.05, 0) is 17.5 Å². The molecule has 2 aromatic rings. The smallest absolute Gasteiger partial charge is 0.0704 e. The van der Waals surface area contributed by atoms with Crippen molar-refractivity contribution in [1.82, 2.24) is 5.06 Å². The first-order valence-electron chi connectivity index (χ1n) is 6.42. The molecule has 1 atom stereocenters. The van der Waals surface area contributed by atoms with Gasteiger partial charge in [-0.15, -0.1) is 0 Å². The fourth-order valence-corrected chi connectivity index (χ4v) is 2.44. The Balaban J connectivity index is 1.76. The molecule has 0 saturated carbocycles. The molecule has 1 aliphatic rings. The molecule has 18 heavy (non-hydrogen) atoms. The average Bonchev–Trinajstić information content (AvgIpc) is 2.89. The Hall–Kier alpha value is -1.64. The van der Waals surface area contributed by atoms with E-state index in [0.29, 0.717) is 6.04 Å². The highest BCUT2D eigenvalue weighted by molar-refractivity contribution is 5.20. The van der Waals surface area contributed by atoms with Gasteiger partial charge in [-0.2, -0.15) is 5.06 Å². The molecule has 1 heterocycles. The first-order valence-corrected chi connectivity index (χ1v) is 6.42. The van der Waals surface area contributed by atoms with Crippen LogP contribution in [-0.4, -0.2) is 11.7 Å². The summed E-state index contributed by atoms with van der Waals surface area (Å²) in [5, 5.41) is 2.10. The van der Waals surface area contributed by atoms with E-state index in [0.717, 1.165) is 19.6 Å². The van der Waals surface area contributed by atoms with Gasteiger partial charge in [-0.3, -0.25) is 4.84 Å². The lowest BCUT2D eigenvalue weighted by atomic mass is 10.0. The number of hydroxylamine groups is 2. The van der Waals surface area contributed by atoms with Gasteiger partial charge >= 0.3 is 0 Å². The second kappa shape index (κ2) is 5.34. The Morgan fingerprint density at radius 2 is 1.61 bits per heavy atom. The summed E-state index contributed by atoms with van der Waals surface area (Å²) in [5.74, 6) is 0. The van der Waals surface area contributed by atoms with Crippen LogP contribution in [-0.2, 0) is 11.4 Å². The highest BCUT2D eigenvalue weighted by Crippen LogP contribution is 2.31. The molecule has 0 amide bonds. The molecular weight excluding hydrogens is 222 g/mol. The van der Waals surface area contributed by atoms with E-state index in [1.54, 1.807) is 0 Å². The van der Waals surface area contributed by atoms with Gasteiger partial charge in [0.25, 0.3) is 0 Å². The molecule has 0 bridgehead atoms. The lowest BCUT2D eigenvalue weighted by Crippen LogP contribution is -2.21. The van der Waals surface area contributed by atoms with Crippen LogP contribution in [0.5, 0.6) is 0 Å². The summed E-state index contributed by atoms with van der Waals surface area (Å²) in [5.41, 5.74) is 2.63. The normalized spacial score (nSPS) is 20.1. The maximum Gasteiger partial charge on any atom is 0.0704 e. The summed E-state index contributed by atoms with van der Waals surface area (Å²) in [7, 11) is 0. The Labute approximate surface area is 108 Å². The average molecular weight is 239 g/mol. The van der Waals surface area contributed by atoms with E-state index in [1.165, 1.54) is 11.1 Å². The van der Waals surface area contributed by atoms with Crippen molar-refractivity contribution in [2.45, 2.75) is 19.0 Å². The predicted octanol–water partition coefficient (Wildman–Crippen LogP) is 3.57. The van der Waals surface area contributed by atoms with Crippen LogP contribution in [0.3, 0.4) is 0 Å². The number of nitrogens with zero attached hydrogens (tertiary/aromatic N) is 1. The minimum absolute atomic E-state index is 0.381. The molecule has 0 spiro atoms. The number of hydrogen-bond acceptors (Lipinski definition) is 2. The van der Waals surface area contributed by atoms with Crippen LogP contribution in [0, 0.1) is 0 Å². The van der Waals surface area contributed by atoms with Crippen molar-refractivity contribution in [1.29, 1.82) is 0 Å². The molecule has 1 fully saturated rings. The second-order valence-electron chi connectivity index (χ2n) is 4.61. The maximum absolute atomic E-state index is 5.76. The van der Waals surface area contributed by atoms with Gasteiger partial charge < -0.3 is 0 Å². The van der Waals surface area contributed by atoms with E-state index in [9.17, 15) is 0 Å². The predicted molar refractivity (Wildman–Crippen MR) is 71.7 cm³/mol. The molecule has 0 aliphatic carbocycles. The summed E-state index contributed by atoms with van der Waals surface area (Å²) in [4.78, 5) is 5.76. The first-order chi connectivity index (χ1) is 8.93. The van der Waals surface area contributed by atoms with Crippen LogP contribution in [0.15, 0.2) is 60.7 Å². The van der Waals surface area contributed by atoms with Crippen molar-refractivity contribution in [3.05, 3.63) is 71.8 Å². The molecule has 0 aromatic heterocycles. The topological polar surface area (TPSA) is 12.5 Å². The monoisotopic (exact) mass is 239 g/mol. The summed E-state index contributed by atoms with van der Waals surface area (Å²) in [6.45, 7) is 1.66. The van der Waals surface area contributed by atoms with Crippen molar-refractivity contribution < 1.29 is 4.84 Å². The van der Waals surface area contributed by atoms with E-state index >= 15 is 0 Å². The number of hydrogen-bond donors (Lipinski definition) is 0.